The summed E-state index contributed by atoms with van der Waals surface area (Å²) in [6, 6.07) is 10.3. The molecule has 5 nitrogen and oxygen atoms in total. The predicted molar refractivity (Wildman–Crippen MR) is 98.1 cm³/mol. The molecule has 0 aliphatic heterocycles. The van der Waals surface area contributed by atoms with Gasteiger partial charge >= 0.3 is 6.18 Å². The van der Waals surface area contributed by atoms with Gasteiger partial charge in [0.25, 0.3) is 0 Å². The Morgan fingerprint density at radius 3 is 2.59 bits per heavy atom. The fraction of sp³-hybridized carbons (Fsp3) is 0.167. The largest absolute Gasteiger partial charge is 0.416 e. The molecule has 2 N–H and O–H groups in total. The van der Waals surface area contributed by atoms with Crippen LogP contribution in [0.3, 0.4) is 0 Å². The van der Waals surface area contributed by atoms with E-state index >= 15 is 0 Å². The third-order valence-corrected chi connectivity index (χ3v) is 3.90. The van der Waals surface area contributed by atoms with Crippen molar-refractivity contribution in [3.63, 3.8) is 0 Å². The molecular formula is C18H15ClF3N5. The molecule has 0 radical (unpaired) electrons. The van der Waals surface area contributed by atoms with Crippen molar-refractivity contribution in [3.05, 3.63) is 70.6 Å². The van der Waals surface area contributed by atoms with Crippen molar-refractivity contribution in [1.82, 2.24) is 15.0 Å². The molecule has 0 saturated heterocycles. The minimum Gasteiger partial charge on any atom is -0.364 e. The van der Waals surface area contributed by atoms with Crippen LogP contribution in [0.5, 0.6) is 0 Å². The lowest BCUT2D eigenvalue weighted by Crippen LogP contribution is -2.08. The second-order valence-electron chi connectivity index (χ2n) is 5.71. The molecule has 0 aliphatic rings. The van der Waals surface area contributed by atoms with Gasteiger partial charge in [0.2, 0.25) is 5.95 Å². The molecule has 2 heterocycles. The van der Waals surface area contributed by atoms with E-state index in [9.17, 15) is 13.2 Å². The summed E-state index contributed by atoms with van der Waals surface area (Å²) >= 11 is 6.01. The number of hydrogen-bond donors (Lipinski definition) is 2. The van der Waals surface area contributed by atoms with E-state index in [-0.39, 0.29) is 16.7 Å². The van der Waals surface area contributed by atoms with Gasteiger partial charge in [-0.3, -0.25) is 4.98 Å². The van der Waals surface area contributed by atoms with E-state index < -0.39 is 11.7 Å². The zero-order valence-electron chi connectivity index (χ0n) is 14.2. The molecule has 1 aromatic carbocycles. The summed E-state index contributed by atoms with van der Waals surface area (Å²) in [5, 5.41) is 6.00. The number of halogens is 4. The van der Waals surface area contributed by atoms with Gasteiger partial charge in [-0.25, -0.2) is 4.98 Å². The summed E-state index contributed by atoms with van der Waals surface area (Å²) in [5.74, 6) is 0.651. The average Bonchev–Trinajstić information content (AvgIpc) is 2.61. The van der Waals surface area contributed by atoms with Gasteiger partial charge in [-0.1, -0.05) is 17.7 Å². The highest BCUT2D eigenvalue weighted by molar-refractivity contribution is 6.33. The van der Waals surface area contributed by atoms with Crippen LogP contribution in [0.15, 0.2) is 48.7 Å². The van der Waals surface area contributed by atoms with E-state index in [1.807, 2.05) is 18.2 Å². The Morgan fingerprint density at radius 1 is 1.07 bits per heavy atom. The molecule has 3 rings (SSSR count). The molecule has 0 atom stereocenters. The number of hydrogen-bond acceptors (Lipinski definition) is 5. The van der Waals surface area contributed by atoms with E-state index in [0.717, 1.165) is 17.8 Å². The molecule has 0 saturated carbocycles. The summed E-state index contributed by atoms with van der Waals surface area (Å²) in [6.07, 6.45) is -2.78. The van der Waals surface area contributed by atoms with E-state index in [0.29, 0.717) is 18.1 Å². The van der Waals surface area contributed by atoms with Crippen LogP contribution in [0.1, 0.15) is 17.0 Å². The van der Waals surface area contributed by atoms with Crippen LogP contribution >= 0.6 is 11.6 Å². The van der Waals surface area contributed by atoms with Crippen molar-refractivity contribution >= 4 is 29.1 Å². The number of pyridine rings is 1. The van der Waals surface area contributed by atoms with Crippen LogP contribution < -0.4 is 10.6 Å². The summed E-state index contributed by atoms with van der Waals surface area (Å²) < 4.78 is 38.7. The first-order valence-corrected chi connectivity index (χ1v) is 8.32. The third kappa shape index (κ3) is 5.07. The minimum atomic E-state index is -4.47. The first-order valence-electron chi connectivity index (χ1n) is 7.94. The van der Waals surface area contributed by atoms with Gasteiger partial charge in [0.15, 0.2) is 0 Å². The van der Waals surface area contributed by atoms with Crippen LogP contribution in [0, 0.1) is 6.92 Å². The molecule has 27 heavy (non-hydrogen) atoms. The van der Waals surface area contributed by atoms with Crippen LogP contribution in [0.2, 0.25) is 5.02 Å². The predicted octanol–water partition coefficient (Wildman–Crippen LogP) is 5.21. The Kier molecular flexibility index (Phi) is 5.46. The molecule has 3 aromatic rings. The number of aromatic nitrogens is 3. The van der Waals surface area contributed by atoms with E-state index in [1.54, 1.807) is 19.2 Å². The van der Waals surface area contributed by atoms with Crippen LogP contribution in [-0.2, 0) is 12.7 Å². The molecule has 9 heteroatoms. The van der Waals surface area contributed by atoms with E-state index in [1.165, 1.54) is 6.07 Å². The highest BCUT2D eigenvalue weighted by Gasteiger charge is 2.31. The lowest BCUT2D eigenvalue weighted by Gasteiger charge is -2.13. The average molecular weight is 394 g/mol. The molecule has 0 bridgehead atoms. The van der Waals surface area contributed by atoms with Gasteiger partial charge in [0.1, 0.15) is 5.82 Å². The Balaban J connectivity index is 1.80. The fourth-order valence-corrected chi connectivity index (χ4v) is 2.48. The first-order chi connectivity index (χ1) is 12.8. The fourth-order valence-electron chi connectivity index (χ4n) is 2.32. The SMILES string of the molecule is Cc1cc(NCc2ccccn2)nc(Nc2cc(C(F)(F)F)ccc2Cl)n1. The van der Waals surface area contributed by atoms with Gasteiger partial charge in [0, 0.05) is 18.0 Å². The summed E-state index contributed by atoms with van der Waals surface area (Å²) in [5.41, 5.74) is 0.728. The lowest BCUT2D eigenvalue weighted by molar-refractivity contribution is -0.137. The van der Waals surface area contributed by atoms with Gasteiger partial charge in [-0.2, -0.15) is 18.2 Å². The second kappa shape index (κ2) is 7.79. The second-order valence-corrected chi connectivity index (χ2v) is 6.12. The van der Waals surface area contributed by atoms with Crippen molar-refractivity contribution in [2.45, 2.75) is 19.6 Å². The van der Waals surface area contributed by atoms with Crippen molar-refractivity contribution in [3.8, 4) is 0 Å². The van der Waals surface area contributed by atoms with Gasteiger partial charge < -0.3 is 10.6 Å². The Hall–Kier alpha value is -2.87. The third-order valence-electron chi connectivity index (χ3n) is 3.57. The Bertz CT molecular complexity index is 932. The number of alkyl halides is 3. The zero-order chi connectivity index (χ0) is 19.4. The maximum Gasteiger partial charge on any atom is 0.416 e. The topological polar surface area (TPSA) is 62.7 Å². The quantitative estimate of drug-likeness (QED) is 0.623. The van der Waals surface area contributed by atoms with Gasteiger partial charge in [-0.15, -0.1) is 0 Å². The monoisotopic (exact) mass is 393 g/mol. The Morgan fingerprint density at radius 2 is 1.89 bits per heavy atom. The molecule has 0 spiro atoms. The maximum atomic E-state index is 12.9. The normalized spacial score (nSPS) is 11.3. The van der Waals surface area contributed by atoms with Crippen LogP contribution in [0.4, 0.5) is 30.6 Å². The van der Waals surface area contributed by atoms with Crippen molar-refractivity contribution in [2.75, 3.05) is 10.6 Å². The molecule has 0 aliphatic carbocycles. The number of aryl methyl sites for hydroxylation is 1. The summed E-state index contributed by atoms with van der Waals surface area (Å²) in [4.78, 5) is 12.7. The molecule has 0 unspecified atom stereocenters. The summed E-state index contributed by atoms with van der Waals surface area (Å²) in [6.45, 7) is 2.20. The summed E-state index contributed by atoms with van der Waals surface area (Å²) in [7, 11) is 0. The van der Waals surface area contributed by atoms with Crippen molar-refractivity contribution in [1.29, 1.82) is 0 Å². The number of anilines is 3. The molecular weight excluding hydrogens is 379 g/mol. The number of rotatable bonds is 5. The number of nitrogens with one attached hydrogen (secondary N) is 2. The Labute approximate surface area is 158 Å². The number of nitrogens with zero attached hydrogens (tertiary/aromatic N) is 3. The maximum absolute atomic E-state index is 12.9. The van der Waals surface area contributed by atoms with Crippen molar-refractivity contribution in [2.24, 2.45) is 0 Å². The lowest BCUT2D eigenvalue weighted by atomic mass is 10.2. The van der Waals surface area contributed by atoms with E-state index in [4.69, 9.17) is 11.6 Å². The van der Waals surface area contributed by atoms with E-state index in [2.05, 4.69) is 25.6 Å². The first kappa shape index (κ1) is 18.9. The van der Waals surface area contributed by atoms with Crippen LogP contribution in [0.25, 0.3) is 0 Å². The van der Waals surface area contributed by atoms with Crippen LogP contribution in [-0.4, -0.2) is 15.0 Å². The highest BCUT2D eigenvalue weighted by atomic mass is 35.5. The van der Waals surface area contributed by atoms with Gasteiger partial charge in [0.05, 0.1) is 28.5 Å². The van der Waals surface area contributed by atoms with Gasteiger partial charge in [-0.05, 0) is 37.3 Å². The number of benzene rings is 1. The molecule has 0 fully saturated rings. The molecule has 140 valence electrons. The standard InChI is InChI=1S/C18H15ClF3N5/c1-11-8-16(24-10-13-4-2-3-7-23-13)27-17(25-11)26-15-9-12(18(20,21)22)5-6-14(15)19/h2-9H,10H2,1H3,(H2,24,25,26,27). The zero-order valence-corrected chi connectivity index (χ0v) is 14.9. The smallest absolute Gasteiger partial charge is 0.364 e. The highest BCUT2D eigenvalue weighted by Crippen LogP contribution is 2.34. The minimum absolute atomic E-state index is 0.0766. The molecule has 2 aromatic heterocycles. The van der Waals surface area contributed by atoms with Crippen molar-refractivity contribution < 1.29 is 13.2 Å². The molecule has 0 amide bonds.